The van der Waals surface area contributed by atoms with Gasteiger partial charge in [0.1, 0.15) is 17.2 Å². The zero-order valence-electron chi connectivity index (χ0n) is 15.1. The monoisotopic (exact) mass is 355 g/mol. The number of likely N-dealkylation sites (N-methyl/N-ethyl adjacent to an activating group) is 1. The van der Waals surface area contributed by atoms with E-state index in [9.17, 15) is 9.18 Å². The fourth-order valence-corrected chi connectivity index (χ4v) is 2.97. The zero-order valence-corrected chi connectivity index (χ0v) is 15.1. The highest BCUT2D eigenvalue weighted by atomic mass is 19.1. The highest BCUT2D eigenvalue weighted by Crippen LogP contribution is 2.19. The molecule has 1 N–H and O–H groups in total. The van der Waals surface area contributed by atoms with Crippen molar-refractivity contribution in [1.82, 2.24) is 24.6 Å². The van der Waals surface area contributed by atoms with E-state index in [1.54, 1.807) is 24.0 Å². The molecule has 0 radical (unpaired) electrons. The van der Waals surface area contributed by atoms with Crippen LogP contribution in [0.5, 0.6) is 0 Å². The molecular weight excluding hydrogens is 333 g/mol. The normalized spacial score (nSPS) is 12.3. The number of nitrogens with one attached hydrogen (secondary N) is 1. The Balaban J connectivity index is 1.78. The second kappa shape index (κ2) is 7.53. The van der Waals surface area contributed by atoms with Gasteiger partial charge in [-0.2, -0.15) is 5.10 Å². The van der Waals surface area contributed by atoms with Crippen LogP contribution in [0.15, 0.2) is 55.0 Å². The molecule has 7 heteroatoms. The predicted octanol–water partition coefficient (Wildman–Crippen LogP) is 2.38. The summed E-state index contributed by atoms with van der Waals surface area (Å²) >= 11 is 0. The number of rotatable bonds is 6. The molecule has 2 heterocycles. The minimum Gasteiger partial charge on any atom is -0.350 e. The highest BCUT2D eigenvalue weighted by molar-refractivity contribution is 5.97. The van der Waals surface area contributed by atoms with E-state index in [0.717, 1.165) is 5.56 Å². The van der Waals surface area contributed by atoms with Gasteiger partial charge in [0, 0.05) is 26.0 Å². The van der Waals surface area contributed by atoms with Crippen LogP contribution in [0.2, 0.25) is 0 Å². The number of hydrogen-bond acceptors (Lipinski definition) is 3. The minimum atomic E-state index is -0.289. The third-order valence-corrected chi connectivity index (χ3v) is 4.31. The van der Waals surface area contributed by atoms with Crippen LogP contribution in [0.1, 0.15) is 22.0 Å². The first kappa shape index (κ1) is 17.9. The molecule has 26 heavy (non-hydrogen) atoms. The smallest absolute Gasteiger partial charge is 0.256 e. The maximum absolute atomic E-state index is 13.5. The van der Waals surface area contributed by atoms with Gasteiger partial charge in [0.2, 0.25) is 0 Å². The van der Waals surface area contributed by atoms with Crippen molar-refractivity contribution in [2.24, 2.45) is 7.05 Å². The standard InChI is InChI=1S/C19H22FN5O/c1-23(2)17(14-7-6-8-15(20)11-14)13-21-18(26)16-12-22-24(3)19(16)25-9-4-5-10-25/h4-12,17H,13H2,1-3H3,(H,21,26)/t17-/m0/s1. The van der Waals surface area contributed by atoms with Gasteiger partial charge in [0.05, 0.1) is 12.2 Å². The van der Waals surface area contributed by atoms with Gasteiger partial charge in [-0.15, -0.1) is 0 Å². The summed E-state index contributed by atoms with van der Waals surface area (Å²) in [6.07, 6.45) is 5.28. The van der Waals surface area contributed by atoms with E-state index in [2.05, 4.69) is 10.4 Å². The van der Waals surface area contributed by atoms with Crippen molar-refractivity contribution in [2.45, 2.75) is 6.04 Å². The summed E-state index contributed by atoms with van der Waals surface area (Å²) < 4.78 is 17.1. The number of amides is 1. The van der Waals surface area contributed by atoms with Crippen molar-refractivity contribution >= 4 is 5.91 Å². The van der Waals surface area contributed by atoms with Crippen molar-refractivity contribution < 1.29 is 9.18 Å². The van der Waals surface area contributed by atoms with Gasteiger partial charge in [-0.1, -0.05) is 12.1 Å². The van der Waals surface area contributed by atoms with Gasteiger partial charge in [-0.3, -0.25) is 9.48 Å². The molecule has 0 unspecified atom stereocenters. The molecule has 1 amide bonds. The van der Waals surface area contributed by atoms with Crippen LogP contribution in [0.25, 0.3) is 5.82 Å². The van der Waals surface area contributed by atoms with Crippen molar-refractivity contribution in [2.75, 3.05) is 20.6 Å². The molecule has 6 nitrogen and oxygen atoms in total. The van der Waals surface area contributed by atoms with Gasteiger partial charge in [0.15, 0.2) is 0 Å². The Morgan fingerprint density at radius 3 is 2.65 bits per heavy atom. The van der Waals surface area contributed by atoms with E-state index in [0.29, 0.717) is 17.9 Å². The Hall–Kier alpha value is -2.93. The second-order valence-electron chi connectivity index (χ2n) is 6.34. The Morgan fingerprint density at radius 2 is 2.00 bits per heavy atom. The van der Waals surface area contributed by atoms with Gasteiger partial charge in [0.25, 0.3) is 5.91 Å². The Kier molecular flexibility index (Phi) is 5.18. The first-order valence-electron chi connectivity index (χ1n) is 8.33. The Labute approximate surface area is 151 Å². The molecule has 0 fully saturated rings. The number of nitrogens with zero attached hydrogens (tertiary/aromatic N) is 4. The summed E-state index contributed by atoms with van der Waals surface area (Å²) in [5.41, 5.74) is 1.30. The van der Waals surface area contributed by atoms with Crippen LogP contribution >= 0.6 is 0 Å². The summed E-state index contributed by atoms with van der Waals surface area (Å²) in [4.78, 5) is 14.7. The third-order valence-electron chi connectivity index (χ3n) is 4.31. The van der Waals surface area contributed by atoms with E-state index < -0.39 is 0 Å². The van der Waals surface area contributed by atoms with Crippen LogP contribution < -0.4 is 5.32 Å². The fraction of sp³-hybridized carbons (Fsp3) is 0.263. The molecule has 0 spiro atoms. The lowest BCUT2D eigenvalue weighted by molar-refractivity contribution is 0.0942. The lowest BCUT2D eigenvalue weighted by Crippen LogP contribution is -2.34. The van der Waals surface area contributed by atoms with Crippen LogP contribution in [-0.4, -0.2) is 45.8 Å². The molecule has 0 aliphatic rings. The lowest BCUT2D eigenvalue weighted by atomic mass is 10.1. The number of halogens is 1. The van der Waals surface area contributed by atoms with Crippen LogP contribution in [0, 0.1) is 5.82 Å². The van der Waals surface area contributed by atoms with E-state index in [-0.39, 0.29) is 17.8 Å². The molecule has 2 aromatic heterocycles. The summed E-state index contributed by atoms with van der Waals surface area (Å²) in [5.74, 6) is 0.188. The van der Waals surface area contributed by atoms with Crippen LogP contribution in [-0.2, 0) is 7.05 Å². The average molecular weight is 355 g/mol. The number of aryl methyl sites for hydroxylation is 1. The Bertz CT molecular complexity index is 885. The van der Waals surface area contributed by atoms with Gasteiger partial charge in [-0.25, -0.2) is 4.39 Å². The van der Waals surface area contributed by atoms with Gasteiger partial charge >= 0.3 is 0 Å². The zero-order chi connectivity index (χ0) is 18.7. The first-order valence-corrected chi connectivity index (χ1v) is 8.33. The van der Waals surface area contributed by atoms with Crippen molar-refractivity contribution in [1.29, 1.82) is 0 Å². The molecule has 0 aliphatic carbocycles. The highest BCUT2D eigenvalue weighted by Gasteiger charge is 2.20. The van der Waals surface area contributed by atoms with E-state index in [4.69, 9.17) is 0 Å². The molecule has 3 aromatic rings. The lowest BCUT2D eigenvalue weighted by Gasteiger charge is -2.25. The average Bonchev–Trinajstić information content (AvgIpc) is 3.23. The predicted molar refractivity (Wildman–Crippen MR) is 97.7 cm³/mol. The molecular formula is C19H22FN5O. The molecule has 0 saturated carbocycles. The maximum Gasteiger partial charge on any atom is 0.256 e. The van der Waals surface area contributed by atoms with Crippen LogP contribution in [0.3, 0.4) is 0 Å². The van der Waals surface area contributed by atoms with E-state index in [1.165, 1.54) is 12.1 Å². The molecule has 1 atom stereocenters. The first-order chi connectivity index (χ1) is 12.5. The minimum absolute atomic E-state index is 0.138. The van der Waals surface area contributed by atoms with Crippen molar-refractivity contribution in [3.63, 3.8) is 0 Å². The number of aromatic nitrogens is 3. The second-order valence-corrected chi connectivity index (χ2v) is 6.34. The summed E-state index contributed by atoms with van der Waals surface area (Å²) in [6.45, 7) is 0.356. The fourth-order valence-electron chi connectivity index (χ4n) is 2.97. The third kappa shape index (κ3) is 3.67. The number of hydrogen-bond donors (Lipinski definition) is 1. The number of carbonyl (C=O) groups excluding carboxylic acids is 1. The topological polar surface area (TPSA) is 55.1 Å². The van der Waals surface area contributed by atoms with Gasteiger partial charge in [-0.05, 0) is 43.9 Å². The summed E-state index contributed by atoms with van der Waals surface area (Å²) in [5, 5.41) is 7.14. The van der Waals surface area contributed by atoms with Gasteiger partial charge < -0.3 is 14.8 Å². The number of carbonyl (C=O) groups is 1. The molecule has 0 bridgehead atoms. The molecule has 136 valence electrons. The largest absolute Gasteiger partial charge is 0.350 e. The quantitative estimate of drug-likeness (QED) is 0.739. The summed E-state index contributed by atoms with van der Waals surface area (Å²) in [7, 11) is 5.59. The SMILES string of the molecule is CN(C)[C@@H](CNC(=O)c1cnn(C)c1-n1cccc1)c1cccc(F)c1. The summed E-state index contributed by atoms with van der Waals surface area (Å²) in [6, 6.07) is 10.1. The molecule has 0 aliphatic heterocycles. The maximum atomic E-state index is 13.5. The van der Waals surface area contributed by atoms with E-state index >= 15 is 0 Å². The Morgan fingerprint density at radius 1 is 1.27 bits per heavy atom. The number of benzene rings is 1. The van der Waals surface area contributed by atoms with E-state index in [1.807, 2.05) is 54.2 Å². The van der Waals surface area contributed by atoms with Crippen molar-refractivity contribution in [3.05, 3.63) is 71.9 Å². The van der Waals surface area contributed by atoms with Crippen molar-refractivity contribution in [3.8, 4) is 5.82 Å². The molecule has 1 aromatic carbocycles. The van der Waals surface area contributed by atoms with Crippen LogP contribution in [0.4, 0.5) is 4.39 Å². The molecule has 3 rings (SSSR count). The molecule has 0 saturated heterocycles.